The lowest BCUT2D eigenvalue weighted by Crippen LogP contribution is -2.30. The summed E-state index contributed by atoms with van der Waals surface area (Å²) < 4.78 is 0. The zero-order valence-electron chi connectivity index (χ0n) is 10.9. The van der Waals surface area contributed by atoms with Gasteiger partial charge in [-0.2, -0.15) is 0 Å². The molecule has 94 valence electrons. The molecular formula is C16H20N2. The fourth-order valence-corrected chi connectivity index (χ4v) is 2.95. The van der Waals surface area contributed by atoms with Crippen molar-refractivity contribution in [2.45, 2.75) is 38.6 Å². The molecule has 0 aliphatic heterocycles. The average Bonchev–Trinajstić information content (AvgIpc) is 2.42. The molecule has 1 fully saturated rings. The Morgan fingerprint density at radius 1 is 1.11 bits per heavy atom. The zero-order valence-corrected chi connectivity index (χ0v) is 10.9. The van der Waals surface area contributed by atoms with Crippen molar-refractivity contribution in [2.24, 2.45) is 5.92 Å². The Hall–Kier alpha value is -1.57. The topological polar surface area (TPSA) is 24.9 Å². The molecule has 1 aromatic carbocycles. The van der Waals surface area contributed by atoms with Crippen LogP contribution in [0, 0.1) is 5.92 Å². The molecule has 2 atom stereocenters. The lowest BCUT2D eigenvalue weighted by atomic mass is 9.86. The van der Waals surface area contributed by atoms with E-state index in [1.54, 1.807) is 0 Å². The van der Waals surface area contributed by atoms with Gasteiger partial charge in [-0.1, -0.05) is 38.0 Å². The maximum Gasteiger partial charge on any atom is 0.0933 e. The van der Waals surface area contributed by atoms with E-state index in [1.807, 2.05) is 12.3 Å². The highest BCUT2D eigenvalue weighted by Gasteiger charge is 2.21. The Balaban J connectivity index is 1.90. The molecule has 0 bridgehead atoms. The van der Waals surface area contributed by atoms with Crippen LogP contribution in [0.3, 0.4) is 0 Å². The summed E-state index contributed by atoms with van der Waals surface area (Å²) in [6.45, 7) is 2.36. The maximum atomic E-state index is 4.51. The van der Waals surface area contributed by atoms with Crippen molar-refractivity contribution < 1.29 is 0 Å². The molecule has 1 heterocycles. The van der Waals surface area contributed by atoms with Gasteiger partial charge in [0.05, 0.1) is 11.2 Å². The number of rotatable bonds is 2. The first-order valence-electron chi connectivity index (χ1n) is 6.95. The van der Waals surface area contributed by atoms with E-state index in [1.165, 1.54) is 36.8 Å². The minimum absolute atomic E-state index is 0.603. The van der Waals surface area contributed by atoms with Crippen molar-refractivity contribution in [3.8, 4) is 0 Å². The molecule has 18 heavy (non-hydrogen) atoms. The first-order valence-corrected chi connectivity index (χ1v) is 6.95. The molecule has 2 aromatic rings. The molecule has 0 radical (unpaired) electrons. The summed E-state index contributed by atoms with van der Waals surface area (Å²) in [6.07, 6.45) is 7.23. The van der Waals surface area contributed by atoms with Crippen LogP contribution < -0.4 is 5.32 Å². The molecule has 0 amide bonds. The van der Waals surface area contributed by atoms with Gasteiger partial charge >= 0.3 is 0 Å². The third-order valence-electron chi connectivity index (χ3n) is 4.09. The summed E-state index contributed by atoms with van der Waals surface area (Å²) in [4.78, 5) is 4.51. The second-order valence-electron chi connectivity index (χ2n) is 5.39. The average molecular weight is 240 g/mol. The molecule has 1 aromatic heterocycles. The van der Waals surface area contributed by atoms with Crippen LogP contribution in [0.5, 0.6) is 0 Å². The maximum absolute atomic E-state index is 4.51. The Morgan fingerprint density at radius 3 is 2.83 bits per heavy atom. The van der Waals surface area contributed by atoms with E-state index in [0.717, 1.165) is 11.4 Å². The van der Waals surface area contributed by atoms with Crippen molar-refractivity contribution >= 4 is 16.6 Å². The number of nitrogens with one attached hydrogen (secondary N) is 1. The van der Waals surface area contributed by atoms with Crippen LogP contribution in [0.2, 0.25) is 0 Å². The van der Waals surface area contributed by atoms with Gasteiger partial charge in [0.25, 0.3) is 0 Å². The van der Waals surface area contributed by atoms with E-state index in [-0.39, 0.29) is 0 Å². The monoisotopic (exact) mass is 240 g/mol. The van der Waals surface area contributed by atoms with Gasteiger partial charge < -0.3 is 5.32 Å². The molecular weight excluding hydrogens is 220 g/mol. The summed E-state index contributed by atoms with van der Waals surface area (Å²) >= 11 is 0. The van der Waals surface area contributed by atoms with Crippen LogP contribution in [0.25, 0.3) is 10.9 Å². The van der Waals surface area contributed by atoms with E-state index in [0.29, 0.717) is 6.04 Å². The lowest BCUT2D eigenvalue weighted by molar-refractivity contribution is 0.350. The van der Waals surface area contributed by atoms with Crippen LogP contribution in [-0.4, -0.2) is 11.0 Å². The van der Waals surface area contributed by atoms with E-state index >= 15 is 0 Å². The Morgan fingerprint density at radius 2 is 1.94 bits per heavy atom. The highest BCUT2D eigenvalue weighted by molar-refractivity contribution is 5.90. The second kappa shape index (κ2) is 4.97. The summed E-state index contributed by atoms with van der Waals surface area (Å²) in [6, 6.07) is 11.1. The van der Waals surface area contributed by atoms with Gasteiger partial charge in [-0.3, -0.25) is 4.98 Å². The summed E-state index contributed by atoms with van der Waals surface area (Å²) in [5, 5.41) is 4.92. The third-order valence-corrected chi connectivity index (χ3v) is 4.09. The van der Waals surface area contributed by atoms with E-state index in [2.05, 4.69) is 41.5 Å². The van der Waals surface area contributed by atoms with Gasteiger partial charge in [0.1, 0.15) is 0 Å². The van der Waals surface area contributed by atoms with E-state index < -0.39 is 0 Å². The van der Waals surface area contributed by atoms with Crippen molar-refractivity contribution in [3.05, 3.63) is 36.5 Å². The normalized spacial score (nSPS) is 24.1. The SMILES string of the molecule is CC1CCCCC1Nc1cccc2cccnc12. The number of aromatic nitrogens is 1. The summed E-state index contributed by atoms with van der Waals surface area (Å²) in [7, 11) is 0. The molecule has 1 aliphatic carbocycles. The highest BCUT2D eigenvalue weighted by atomic mass is 14.9. The largest absolute Gasteiger partial charge is 0.380 e. The van der Waals surface area contributed by atoms with Crippen LogP contribution >= 0.6 is 0 Å². The van der Waals surface area contributed by atoms with Gasteiger partial charge in [0.15, 0.2) is 0 Å². The summed E-state index contributed by atoms with van der Waals surface area (Å²) in [5.74, 6) is 0.762. The van der Waals surface area contributed by atoms with Crippen molar-refractivity contribution in [1.82, 2.24) is 4.98 Å². The molecule has 3 rings (SSSR count). The number of benzene rings is 1. The molecule has 1 aliphatic rings. The first-order chi connectivity index (χ1) is 8.84. The van der Waals surface area contributed by atoms with E-state index in [4.69, 9.17) is 0 Å². The summed E-state index contributed by atoms with van der Waals surface area (Å²) in [5.41, 5.74) is 2.28. The second-order valence-corrected chi connectivity index (χ2v) is 5.39. The molecule has 0 saturated heterocycles. The standard InChI is InChI=1S/C16H20N2/c1-12-6-2-3-9-14(12)18-15-10-4-7-13-8-5-11-17-16(13)15/h4-5,7-8,10-12,14,18H,2-3,6,9H2,1H3. The van der Waals surface area contributed by atoms with Gasteiger partial charge in [-0.15, -0.1) is 0 Å². The molecule has 1 N–H and O–H groups in total. The van der Waals surface area contributed by atoms with Crippen LogP contribution in [0.1, 0.15) is 32.6 Å². The smallest absolute Gasteiger partial charge is 0.0933 e. The number of nitrogens with zero attached hydrogens (tertiary/aromatic N) is 1. The fraction of sp³-hybridized carbons (Fsp3) is 0.438. The molecule has 1 saturated carbocycles. The number of para-hydroxylation sites is 1. The van der Waals surface area contributed by atoms with Crippen LogP contribution in [0.15, 0.2) is 36.5 Å². The van der Waals surface area contributed by atoms with Crippen LogP contribution in [-0.2, 0) is 0 Å². The zero-order chi connectivity index (χ0) is 12.4. The van der Waals surface area contributed by atoms with Crippen LogP contribution in [0.4, 0.5) is 5.69 Å². The van der Waals surface area contributed by atoms with Gasteiger partial charge in [-0.25, -0.2) is 0 Å². The molecule has 2 heteroatoms. The van der Waals surface area contributed by atoms with E-state index in [9.17, 15) is 0 Å². The van der Waals surface area contributed by atoms with Crippen molar-refractivity contribution in [1.29, 1.82) is 0 Å². The number of hydrogen-bond acceptors (Lipinski definition) is 2. The van der Waals surface area contributed by atoms with Gasteiger partial charge in [-0.05, 0) is 30.9 Å². The van der Waals surface area contributed by atoms with Gasteiger partial charge in [0.2, 0.25) is 0 Å². The Labute approximate surface area is 108 Å². The first kappa shape index (κ1) is 11.5. The number of fused-ring (bicyclic) bond motifs is 1. The molecule has 2 nitrogen and oxygen atoms in total. The third kappa shape index (κ3) is 2.20. The Kier molecular flexibility index (Phi) is 3.18. The number of hydrogen-bond donors (Lipinski definition) is 1. The quantitative estimate of drug-likeness (QED) is 0.850. The minimum Gasteiger partial charge on any atom is -0.380 e. The predicted octanol–water partition coefficient (Wildman–Crippen LogP) is 4.23. The minimum atomic E-state index is 0.603. The lowest BCUT2D eigenvalue weighted by Gasteiger charge is -2.30. The number of anilines is 1. The fourth-order valence-electron chi connectivity index (χ4n) is 2.95. The van der Waals surface area contributed by atoms with Crippen molar-refractivity contribution in [2.75, 3.05) is 5.32 Å². The molecule has 0 spiro atoms. The number of pyridine rings is 1. The predicted molar refractivity (Wildman–Crippen MR) is 76.8 cm³/mol. The molecule has 2 unspecified atom stereocenters. The highest BCUT2D eigenvalue weighted by Crippen LogP contribution is 2.29. The van der Waals surface area contributed by atoms with Gasteiger partial charge in [0, 0.05) is 17.6 Å². The Bertz CT molecular complexity index is 530. The van der Waals surface area contributed by atoms with Crippen molar-refractivity contribution in [3.63, 3.8) is 0 Å².